The van der Waals surface area contributed by atoms with Crippen LogP contribution in [-0.4, -0.2) is 32.6 Å². The zero-order valence-corrected chi connectivity index (χ0v) is 13.5. The van der Waals surface area contributed by atoms with Crippen LogP contribution >= 0.6 is 0 Å². The monoisotopic (exact) mass is 331 g/mol. The molecule has 8 heteroatoms. The van der Waals surface area contributed by atoms with Crippen molar-refractivity contribution in [2.45, 2.75) is 52.8 Å². The lowest BCUT2D eigenvalue weighted by Crippen LogP contribution is -2.43. The second-order valence-corrected chi connectivity index (χ2v) is 6.78. The van der Waals surface area contributed by atoms with Crippen molar-refractivity contribution in [1.29, 1.82) is 0 Å². The number of hydrogen-bond donors (Lipinski definition) is 1. The number of carbonyl (C=O) groups is 1. The Labute approximate surface area is 132 Å². The number of hydrogen-bond acceptors (Lipinski definition) is 3. The molecule has 0 saturated carbocycles. The predicted molar refractivity (Wildman–Crippen MR) is 77.0 cm³/mol. The van der Waals surface area contributed by atoms with Crippen LogP contribution in [-0.2, 0) is 19.1 Å². The van der Waals surface area contributed by atoms with E-state index in [1.807, 2.05) is 0 Å². The highest BCUT2D eigenvalue weighted by Gasteiger charge is 2.45. The van der Waals surface area contributed by atoms with Crippen molar-refractivity contribution in [2.24, 2.45) is 5.41 Å². The van der Waals surface area contributed by atoms with Gasteiger partial charge < -0.3 is 10.0 Å². The van der Waals surface area contributed by atoms with E-state index in [0.29, 0.717) is 0 Å². The van der Waals surface area contributed by atoms with E-state index in [2.05, 4.69) is 9.97 Å². The summed E-state index contributed by atoms with van der Waals surface area (Å²) in [5.41, 5.74) is -1.28. The van der Waals surface area contributed by atoms with Crippen LogP contribution in [0.25, 0.3) is 0 Å². The molecular weight excluding hydrogens is 311 g/mol. The standard InChI is InChI=1S/C15H20F3N3O2/c1-5-10-19-9-7-21(13(22)23)6-8(14(2,3)4)11(9)12(20-10)15(16,17)18/h8H,5-7H2,1-4H3,(H,22,23). The van der Waals surface area contributed by atoms with Gasteiger partial charge in [0.2, 0.25) is 0 Å². The second-order valence-electron chi connectivity index (χ2n) is 6.78. The second kappa shape index (κ2) is 5.65. The highest BCUT2D eigenvalue weighted by Crippen LogP contribution is 2.45. The summed E-state index contributed by atoms with van der Waals surface area (Å²) in [4.78, 5) is 20.3. The molecule has 0 bridgehead atoms. The number of alkyl halides is 3. The lowest BCUT2D eigenvalue weighted by Gasteiger charge is -2.40. The van der Waals surface area contributed by atoms with E-state index in [-0.39, 0.29) is 36.6 Å². The summed E-state index contributed by atoms with van der Waals surface area (Å²) in [6.45, 7) is 6.91. The minimum Gasteiger partial charge on any atom is -0.465 e. The van der Waals surface area contributed by atoms with Crippen LogP contribution < -0.4 is 0 Å². The van der Waals surface area contributed by atoms with Gasteiger partial charge in [0.25, 0.3) is 0 Å². The Bertz CT molecular complexity index is 624. The first-order valence-electron chi connectivity index (χ1n) is 7.39. The van der Waals surface area contributed by atoms with Crippen LogP contribution in [0.2, 0.25) is 0 Å². The van der Waals surface area contributed by atoms with E-state index < -0.39 is 29.3 Å². The minimum absolute atomic E-state index is 0.00372. The predicted octanol–water partition coefficient (Wildman–Crippen LogP) is 3.68. The van der Waals surface area contributed by atoms with Crippen LogP contribution in [0.1, 0.15) is 56.4 Å². The van der Waals surface area contributed by atoms with Crippen molar-refractivity contribution in [1.82, 2.24) is 14.9 Å². The lowest BCUT2D eigenvalue weighted by molar-refractivity contribution is -0.142. The smallest absolute Gasteiger partial charge is 0.433 e. The molecule has 1 N–H and O–H groups in total. The van der Waals surface area contributed by atoms with Crippen molar-refractivity contribution in [3.63, 3.8) is 0 Å². The highest BCUT2D eigenvalue weighted by atomic mass is 19.4. The van der Waals surface area contributed by atoms with Crippen LogP contribution in [0, 0.1) is 5.41 Å². The molecule has 1 aromatic heterocycles. The molecule has 2 rings (SSSR count). The van der Waals surface area contributed by atoms with E-state index in [1.54, 1.807) is 27.7 Å². The average Bonchev–Trinajstić information content (AvgIpc) is 2.42. The summed E-state index contributed by atoms with van der Waals surface area (Å²) in [5.74, 6) is -0.541. The Morgan fingerprint density at radius 3 is 2.35 bits per heavy atom. The largest absolute Gasteiger partial charge is 0.465 e. The van der Waals surface area contributed by atoms with Crippen LogP contribution in [0.3, 0.4) is 0 Å². The number of halogens is 3. The number of fused-ring (bicyclic) bond motifs is 1. The van der Waals surface area contributed by atoms with E-state index in [0.717, 1.165) is 4.90 Å². The summed E-state index contributed by atoms with van der Waals surface area (Å²) in [5, 5.41) is 9.26. The number of aryl methyl sites for hydroxylation is 1. The van der Waals surface area contributed by atoms with Gasteiger partial charge in [0.05, 0.1) is 12.2 Å². The van der Waals surface area contributed by atoms with Crippen LogP contribution in [0.5, 0.6) is 0 Å². The van der Waals surface area contributed by atoms with Gasteiger partial charge in [-0.1, -0.05) is 27.7 Å². The number of rotatable bonds is 1. The van der Waals surface area contributed by atoms with E-state index in [1.165, 1.54) is 0 Å². The van der Waals surface area contributed by atoms with Crippen molar-refractivity contribution in [3.8, 4) is 0 Å². The Morgan fingerprint density at radius 2 is 1.91 bits per heavy atom. The fourth-order valence-electron chi connectivity index (χ4n) is 2.84. The zero-order valence-electron chi connectivity index (χ0n) is 13.5. The first-order chi connectivity index (χ1) is 10.4. The summed E-state index contributed by atoms with van der Waals surface area (Å²) in [6.07, 6.45) is -5.50. The Kier molecular flexibility index (Phi) is 4.30. The molecule has 0 aromatic carbocycles. The summed E-state index contributed by atoms with van der Waals surface area (Å²) in [6, 6.07) is 0. The summed E-state index contributed by atoms with van der Waals surface area (Å²) in [7, 11) is 0. The Morgan fingerprint density at radius 1 is 1.30 bits per heavy atom. The minimum atomic E-state index is -4.59. The van der Waals surface area contributed by atoms with E-state index in [9.17, 15) is 23.1 Å². The fraction of sp³-hybridized carbons (Fsp3) is 0.667. The van der Waals surface area contributed by atoms with Crippen molar-refractivity contribution in [3.05, 3.63) is 22.8 Å². The van der Waals surface area contributed by atoms with Gasteiger partial charge in [-0.3, -0.25) is 0 Å². The number of nitrogens with zero attached hydrogens (tertiary/aromatic N) is 3. The molecule has 0 radical (unpaired) electrons. The summed E-state index contributed by atoms with van der Waals surface area (Å²) >= 11 is 0. The topological polar surface area (TPSA) is 66.3 Å². The van der Waals surface area contributed by atoms with Gasteiger partial charge in [0.1, 0.15) is 5.82 Å². The van der Waals surface area contributed by atoms with Crippen molar-refractivity contribution < 1.29 is 23.1 Å². The molecule has 1 unspecified atom stereocenters. The number of amides is 1. The third kappa shape index (κ3) is 3.40. The summed E-state index contributed by atoms with van der Waals surface area (Å²) < 4.78 is 40.5. The van der Waals surface area contributed by atoms with Gasteiger partial charge in [-0.2, -0.15) is 13.2 Å². The quantitative estimate of drug-likeness (QED) is 0.852. The molecule has 5 nitrogen and oxygen atoms in total. The SMILES string of the molecule is CCc1nc2c(c(C(F)(F)F)n1)C(C(C)(C)C)CN(C(=O)O)C2. The normalized spacial score (nSPS) is 18.7. The number of carboxylic acid groups (broad SMARTS) is 1. The molecule has 0 spiro atoms. The van der Waals surface area contributed by atoms with Gasteiger partial charge in [-0.15, -0.1) is 0 Å². The maximum absolute atomic E-state index is 13.5. The maximum Gasteiger partial charge on any atom is 0.433 e. The van der Waals surface area contributed by atoms with Crippen molar-refractivity contribution in [2.75, 3.05) is 6.54 Å². The van der Waals surface area contributed by atoms with Crippen LogP contribution in [0.4, 0.5) is 18.0 Å². The molecule has 2 heterocycles. The highest BCUT2D eigenvalue weighted by molar-refractivity contribution is 5.66. The molecule has 1 atom stereocenters. The molecule has 1 amide bonds. The molecular formula is C15H20F3N3O2. The molecule has 1 aliphatic heterocycles. The molecule has 1 aliphatic rings. The van der Waals surface area contributed by atoms with Gasteiger partial charge in [-0.05, 0) is 5.41 Å². The van der Waals surface area contributed by atoms with Gasteiger partial charge >= 0.3 is 12.3 Å². The van der Waals surface area contributed by atoms with Crippen molar-refractivity contribution >= 4 is 6.09 Å². The Hall–Kier alpha value is -1.86. The first kappa shape index (κ1) is 17.5. The van der Waals surface area contributed by atoms with Gasteiger partial charge in [0, 0.05) is 24.4 Å². The molecule has 128 valence electrons. The third-order valence-electron chi connectivity index (χ3n) is 4.06. The molecule has 1 aromatic rings. The fourth-order valence-corrected chi connectivity index (χ4v) is 2.84. The number of aromatic nitrogens is 2. The maximum atomic E-state index is 13.5. The molecule has 0 aliphatic carbocycles. The van der Waals surface area contributed by atoms with Gasteiger partial charge in [-0.25, -0.2) is 14.8 Å². The molecule has 23 heavy (non-hydrogen) atoms. The third-order valence-corrected chi connectivity index (χ3v) is 4.06. The van der Waals surface area contributed by atoms with E-state index in [4.69, 9.17) is 0 Å². The first-order valence-corrected chi connectivity index (χ1v) is 7.39. The zero-order chi connectivity index (χ0) is 17.6. The Balaban J connectivity index is 2.72. The van der Waals surface area contributed by atoms with Crippen LogP contribution in [0.15, 0.2) is 0 Å². The van der Waals surface area contributed by atoms with Gasteiger partial charge in [0.15, 0.2) is 5.69 Å². The molecule has 0 saturated heterocycles. The average molecular weight is 331 g/mol. The van der Waals surface area contributed by atoms with E-state index >= 15 is 0 Å². The molecule has 0 fully saturated rings. The lowest BCUT2D eigenvalue weighted by atomic mass is 9.73.